The van der Waals surface area contributed by atoms with Crippen molar-refractivity contribution in [1.29, 1.82) is 0 Å². The number of ether oxygens (including phenoxy) is 1. The fraction of sp³-hybridized carbons (Fsp3) is 0.375. The highest BCUT2D eigenvalue weighted by Gasteiger charge is 2.56. The van der Waals surface area contributed by atoms with Crippen molar-refractivity contribution < 1.29 is 44.0 Å². The van der Waals surface area contributed by atoms with Gasteiger partial charge in [-0.25, -0.2) is 0 Å². The first-order chi connectivity index (χ1) is 16.3. The first-order valence-corrected chi connectivity index (χ1v) is 10.8. The second-order valence-electron chi connectivity index (χ2n) is 8.56. The van der Waals surface area contributed by atoms with E-state index < -0.39 is 46.1 Å². The Morgan fingerprint density at radius 2 is 1.66 bits per heavy atom. The van der Waals surface area contributed by atoms with Gasteiger partial charge in [0.25, 0.3) is 0 Å². The topological polar surface area (TPSA) is 179 Å². The molecule has 1 aromatic carbocycles. The first-order valence-electron chi connectivity index (χ1n) is 10.8. The van der Waals surface area contributed by atoms with Crippen LogP contribution in [0, 0.1) is 6.92 Å². The number of aromatic hydroxyl groups is 2. The van der Waals surface area contributed by atoms with E-state index >= 15 is 0 Å². The molecule has 1 amide bonds. The second kappa shape index (κ2) is 9.24. The summed E-state index contributed by atoms with van der Waals surface area (Å²) in [5.74, 6) is -4.44. The zero-order valence-corrected chi connectivity index (χ0v) is 19.7. The standard InChI is InChI=1S/C24H26N2O9/c1-10-20(32)18(12(3)27)22-19(21(10)33)24(4)14(35-22)9-13(28)17(23(24)34)11(2)25-7-5-15(29)26-8-6-16(30)31/h9,25,32-33H,5-8H2,1-4H3,(H,26,29)(H,30,31)/b17-11+/t24-/m0/s1. The van der Waals surface area contributed by atoms with Crippen molar-refractivity contribution in [3.05, 3.63) is 39.8 Å². The minimum atomic E-state index is -1.62. The maximum atomic E-state index is 13.6. The van der Waals surface area contributed by atoms with Crippen LogP contribution in [0.2, 0.25) is 0 Å². The van der Waals surface area contributed by atoms with E-state index in [-0.39, 0.29) is 65.4 Å². The smallest absolute Gasteiger partial charge is 0.305 e. The highest BCUT2D eigenvalue weighted by molar-refractivity contribution is 6.31. The van der Waals surface area contributed by atoms with Crippen LogP contribution in [0.25, 0.3) is 0 Å². The van der Waals surface area contributed by atoms with Crippen LogP contribution in [-0.2, 0) is 24.6 Å². The van der Waals surface area contributed by atoms with Gasteiger partial charge in [0.2, 0.25) is 5.91 Å². The summed E-state index contributed by atoms with van der Waals surface area (Å²) in [6.07, 6.45) is 0.867. The average Bonchev–Trinajstić information content (AvgIpc) is 3.04. The molecule has 1 heterocycles. The Labute approximate surface area is 200 Å². The number of carboxylic acids is 1. The number of phenolic OH excluding ortho intramolecular Hbond substituents is 2. The molecular weight excluding hydrogens is 460 g/mol. The Hall–Kier alpha value is -4.15. The third-order valence-electron chi connectivity index (χ3n) is 6.16. The largest absolute Gasteiger partial charge is 0.507 e. The van der Waals surface area contributed by atoms with E-state index in [1.807, 2.05) is 0 Å². The van der Waals surface area contributed by atoms with Gasteiger partial charge >= 0.3 is 5.97 Å². The van der Waals surface area contributed by atoms with Crippen LogP contribution in [0.5, 0.6) is 17.2 Å². The summed E-state index contributed by atoms with van der Waals surface area (Å²) < 4.78 is 5.70. The van der Waals surface area contributed by atoms with Crippen LogP contribution in [0.4, 0.5) is 0 Å². The van der Waals surface area contributed by atoms with E-state index in [1.54, 1.807) is 0 Å². The molecule has 11 heteroatoms. The van der Waals surface area contributed by atoms with Crippen molar-refractivity contribution in [1.82, 2.24) is 10.6 Å². The van der Waals surface area contributed by atoms with Crippen LogP contribution in [0.15, 0.2) is 23.1 Å². The minimum absolute atomic E-state index is 0.000915. The van der Waals surface area contributed by atoms with E-state index in [9.17, 15) is 34.2 Å². The van der Waals surface area contributed by atoms with Gasteiger partial charge in [-0.2, -0.15) is 0 Å². The van der Waals surface area contributed by atoms with Crippen molar-refractivity contribution in [2.45, 2.75) is 46.0 Å². The van der Waals surface area contributed by atoms with Gasteiger partial charge in [-0.1, -0.05) is 0 Å². The zero-order valence-electron chi connectivity index (χ0n) is 19.7. The third kappa shape index (κ3) is 4.25. The predicted octanol–water partition coefficient (Wildman–Crippen LogP) is 1.14. The molecule has 1 aliphatic heterocycles. The van der Waals surface area contributed by atoms with Crippen molar-refractivity contribution >= 4 is 29.2 Å². The number of aliphatic carboxylic acids is 1. The molecule has 186 valence electrons. The molecule has 11 nitrogen and oxygen atoms in total. The van der Waals surface area contributed by atoms with E-state index in [0.29, 0.717) is 0 Å². The molecule has 5 N–H and O–H groups in total. The van der Waals surface area contributed by atoms with Gasteiger partial charge in [-0.3, -0.25) is 24.0 Å². The number of rotatable bonds is 8. The van der Waals surface area contributed by atoms with Gasteiger partial charge in [0.1, 0.15) is 34.0 Å². The molecule has 1 aliphatic carbocycles. The molecule has 0 fully saturated rings. The van der Waals surface area contributed by atoms with Gasteiger partial charge in [-0.05, 0) is 27.7 Å². The number of Topliss-reactive ketones (excluding diaryl/α,β-unsaturated/α-hetero) is 2. The summed E-state index contributed by atoms with van der Waals surface area (Å²) in [6, 6.07) is 0. The summed E-state index contributed by atoms with van der Waals surface area (Å²) in [5, 5.41) is 35.1. The minimum Gasteiger partial charge on any atom is -0.507 e. The number of amides is 1. The molecule has 0 saturated heterocycles. The number of allylic oxidation sites excluding steroid dienone is 4. The predicted molar refractivity (Wildman–Crippen MR) is 121 cm³/mol. The number of carbonyl (C=O) groups excluding carboxylic acids is 4. The third-order valence-corrected chi connectivity index (χ3v) is 6.16. The molecule has 0 unspecified atom stereocenters. The molecule has 0 spiro atoms. The first kappa shape index (κ1) is 25.5. The van der Waals surface area contributed by atoms with E-state index in [0.717, 1.165) is 6.08 Å². The lowest BCUT2D eigenvalue weighted by Gasteiger charge is -2.29. The Balaban J connectivity index is 1.92. The summed E-state index contributed by atoms with van der Waals surface area (Å²) in [6.45, 7) is 5.61. The van der Waals surface area contributed by atoms with Gasteiger partial charge in [0.05, 0.1) is 17.6 Å². The number of phenols is 2. The summed E-state index contributed by atoms with van der Waals surface area (Å²) in [5.41, 5.74) is -1.83. The molecule has 0 saturated carbocycles. The zero-order chi connectivity index (χ0) is 26.2. The molecule has 3 rings (SSSR count). The average molecular weight is 486 g/mol. The monoisotopic (exact) mass is 486 g/mol. The van der Waals surface area contributed by atoms with Gasteiger partial charge in [-0.15, -0.1) is 0 Å². The van der Waals surface area contributed by atoms with Gasteiger partial charge < -0.3 is 30.7 Å². The molecule has 1 aromatic rings. The normalized spacial score (nSPS) is 19.8. The Bertz CT molecular complexity index is 1240. The molecule has 0 aromatic heterocycles. The molecule has 35 heavy (non-hydrogen) atoms. The number of carboxylic acid groups (broad SMARTS) is 1. The number of hydrogen-bond acceptors (Lipinski definition) is 9. The molecule has 2 aliphatic rings. The van der Waals surface area contributed by atoms with Gasteiger partial charge in [0.15, 0.2) is 17.3 Å². The van der Waals surface area contributed by atoms with E-state index in [2.05, 4.69) is 10.6 Å². The lowest BCUT2D eigenvalue weighted by atomic mass is 9.70. The van der Waals surface area contributed by atoms with Crippen molar-refractivity contribution in [3.63, 3.8) is 0 Å². The fourth-order valence-electron chi connectivity index (χ4n) is 4.21. The summed E-state index contributed by atoms with van der Waals surface area (Å²) in [7, 11) is 0. The number of nitrogens with one attached hydrogen (secondary N) is 2. The van der Waals surface area contributed by atoms with Crippen LogP contribution >= 0.6 is 0 Å². The summed E-state index contributed by atoms with van der Waals surface area (Å²) in [4.78, 5) is 61.0. The van der Waals surface area contributed by atoms with Crippen molar-refractivity contribution in [2.24, 2.45) is 0 Å². The highest BCUT2D eigenvalue weighted by atomic mass is 16.5. The molecular formula is C24H26N2O9. The van der Waals surface area contributed by atoms with Crippen LogP contribution < -0.4 is 15.4 Å². The maximum absolute atomic E-state index is 13.6. The maximum Gasteiger partial charge on any atom is 0.305 e. The molecule has 0 bridgehead atoms. The highest BCUT2D eigenvalue weighted by Crippen LogP contribution is 2.57. The summed E-state index contributed by atoms with van der Waals surface area (Å²) >= 11 is 0. The van der Waals surface area contributed by atoms with Crippen molar-refractivity contribution in [3.8, 4) is 17.2 Å². The van der Waals surface area contributed by atoms with Crippen LogP contribution in [0.3, 0.4) is 0 Å². The Morgan fingerprint density at radius 3 is 2.26 bits per heavy atom. The molecule has 0 radical (unpaired) electrons. The van der Waals surface area contributed by atoms with Gasteiger partial charge in [0, 0.05) is 36.8 Å². The van der Waals surface area contributed by atoms with E-state index in [1.165, 1.54) is 27.7 Å². The second-order valence-corrected chi connectivity index (χ2v) is 8.56. The number of fused-ring (bicyclic) bond motifs is 3. The van der Waals surface area contributed by atoms with Crippen LogP contribution in [-0.4, -0.2) is 57.6 Å². The van der Waals surface area contributed by atoms with Crippen LogP contribution in [0.1, 0.15) is 55.1 Å². The van der Waals surface area contributed by atoms with E-state index in [4.69, 9.17) is 9.84 Å². The number of hydrogen-bond donors (Lipinski definition) is 5. The number of ketones is 3. The van der Waals surface area contributed by atoms with Crippen molar-refractivity contribution in [2.75, 3.05) is 13.1 Å². The Morgan fingerprint density at radius 1 is 1.03 bits per heavy atom. The number of carbonyl (C=O) groups is 5. The lowest BCUT2D eigenvalue weighted by molar-refractivity contribution is -0.137. The Kier molecular flexibility index (Phi) is 6.73. The SMILES string of the molecule is CC(=O)c1c(O)c(C)c(O)c2c1OC1=CC(=O)/C(=C(/C)NCCC(=O)NCCC(=O)O)C(=O)[C@@]12C. The lowest BCUT2D eigenvalue weighted by Crippen LogP contribution is -2.41. The molecule has 1 atom stereocenters. The fourth-order valence-corrected chi connectivity index (χ4v) is 4.21. The number of benzene rings is 1. The quantitative estimate of drug-likeness (QED) is 0.203.